The van der Waals surface area contributed by atoms with Gasteiger partial charge < -0.3 is 11.1 Å². The maximum Gasteiger partial charge on any atom is 0.0409 e. The Labute approximate surface area is 93.7 Å². The first-order valence-electron chi connectivity index (χ1n) is 4.87. The normalized spacial score (nSPS) is 10.2. The second kappa shape index (κ2) is 4.36. The molecule has 2 aromatic rings. The molecule has 0 atom stereocenters. The summed E-state index contributed by atoms with van der Waals surface area (Å²) in [6, 6.07) is 8.18. The Morgan fingerprint density at radius 1 is 1.33 bits per heavy atom. The second-order valence-electron chi connectivity index (χ2n) is 3.56. The van der Waals surface area contributed by atoms with Crippen LogP contribution in [0.1, 0.15) is 11.1 Å². The first-order chi connectivity index (χ1) is 7.25. The smallest absolute Gasteiger partial charge is 0.0409 e. The van der Waals surface area contributed by atoms with Gasteiger partial charge in [-0.05, 0) is 47.0 Å². The van der Waals surface area contributed by atoms with E-state index in [1.165, 1.54) is 5.56 Å². The number of hydrogen-bond donors (Lipinski definition) is 2. The molecule has 0 spiro atoms. The molecule has 15 heavy (non-hydrogen) atoms. The van der Waals surface area contributed by atoms with Crippen LogP contribution >= 0.6 is 11.3 Å². The van der Waals surface area contributed by atoms with Crippen LogP contribution in [-0.2, 0) is 6.54 Å². The van der Waals surface area contributed by atoms with Crippen LogP contribution in [0.15, 0.2) is 35.0 Å². The summed E-state index contributed by atoms with van der Waals surface area (Å²) in [5, 5.41) is 7.57. The summed E-state index contributed by atoms with van der Waals surface area (Å²) in [7, 11) is 0. The van der Waals surface area contributed by atoms with Gasteiger partial charge in [0.1, 0.15) is 0 Å². The van der Waals surface area contributed by atoms with Crippen LogP contribution in [0.25, 0.3) is 0 Å². The lowest BCUT2D eigenvalue weighted by atomic mass is 10.2. The fraction of sp³-hybridized carbons (Fsp3) is 0.167. The fourth-order valence-corrected chi connectivity index (χ4v) is 2.02. The van der Waals surface area contributed by atoms with Crippen molar-refractivity contribution < 1.29 is 0 Å². The number of nitrogen functional groups attached to an aromatic ring is 1. The Morgan fingerprint density at radius 2 is 2.20 bits per heavy atom. The van der Waals surface area contributed by atoms with Crippen molar-refractivity contribution in [1.82, 2.24) is 0 Å². The van der Waals surface area contributed by atoms with Gasteiger partial charge >= 0.3 is 0 Å². The SMILES string of the molecule is Cc1ccc(NCc2ccsc2)cc1N. The van der Waals surface area contributed by atoms with Crippen LogP contribution in [0, 0.1) is 6.92 Å². The number of rotatable bonds is 3. The minimum atomic E-state index is 0.838. The third-order valence-corrected chi connectivity index (χ3v) is 3.09. The molecule has 1 aromatic carbocycles. The molecule has 0 saturated heterocycles. The third-order valence-electron chi connectivity index (χ3n) is 2.36. The van der Waals surface area contributed by atoms with Gasteiger partial charge in [0.2, 0.25) is 0 Å². The predicted molar refractivity (Wildman–Crippen MR) is 67.2 cm³/mol. The van der Waals surface area contributed by atoms with E-state index >= 15 is 0 Å². The highest BCUT2D eigenvalue weighted by Crippen LogP contribution is 2.18. The average Bonchev–Trinajstić information content (AvgIpc) is 2.73. The van der Waals surface area contributed by atoms with Gasteiger partial charge in [0, 0.05) is 17.9 Å². The third kappa shape index (κ3) is 2.50. The molecule has 0 saturated carbocycles. The molecule has 3 N–H and O–H groups in total. The van der Waals surface area contributed by atoms with E-state index in [9.17, 15) is 0 Å². The van der Waals surface area contributed by atoms with E-state index < -0.39 is 0 Å². The zero-order valence-electron chi connectivity index (χ0n) is 8.66. The highest BCUT2D eigenvalue weighted by molar-refractivity contribution is 7.07. The van der Waals surface area contributed by atoms with Crippen LogP contribution < -0.4 is 11.1 Å². The predicted octanol–water partition coefficient (Wildman–Crippen LogP) is 3.25. The van der Waals surface area contributed by atoms with Gasteiger partial charge in [-0.15, -0.1) is 0 Å². The van der Waals surface area contributed by atoms with Gasteiger partial charge in [0.05, 0.1) is 0 Å². The fourth-order valence-electron chi connectivity index (χ4n) is 1.35. The van der Waals surface area contributed by atoms with E-state index in [-0.39, 0.29) is 0 Å². The summed E-state index contributed by atoms with van der Waals surface area (Å²) >= 11 is 1.72. The number of thiophene rings is 1. The lowest BCUT2D eigenvalue weighted by Gasteiger charge is -2.07. The van der Waals surface area contributed by atoms with Crippen LogP contribution in [0.3, 0.4) is 0 Å². The Bertz CT molecular complexity index is 435. The molecule has 0 unspecified atom stereocenters. The average molecular weight is 218 g/mol. The van der Waals surface area contributed by atoms with E-state index in [4.69, 9.17) is 5.73 Å². The number of benzene rings is 1. The topological polar surface area (TPSA) is 38.0 Å². The van der Waals surface area contributed by atoms with Crippen LogP contribution in [0.2, 0.25) is 0 Å². The summed E-state index contributed by atoms with van der Waals surface area (Å²) in [5.41, 5.74) is 10.2. The number of anilines is 2. The Morgan fingerprint density at radius 3 is 2.87 bits per heavy atom. The summed E-state index contributed by atoms with van der Waals surface area (Å²) in [4.78, 5) is 0. The van der Waals surface area contributed by atoms with Crippen molar-refractivity contribution in [3.05, 3.63) is 46.2 Å². The van der Waals surface area contributed by atoms with Crippen LogP contribution in [0.5, 0.6) is 0 Å². The molecule has 0 amide bonds. The molecule has 0 aliphatic rings. The highest BCUT2D eigenvalue weighted by Gasteiger charge is 1.97. The van der Waals surface area contributed by atoms with E-state index in [0.717, 1.165) is 23.5 Å². The molecule has 3 heteroatoms. The standard InChI is InChI=1S/C12H14N2S/c1-9-2-3-11(6-12(9)13)14-7-10-4-5-15-8-10/h2-6,8,14H,7,13H2,1H3. The van der Waals surface area contributed by atoms with Gasteiger partial charge in [-0.1, -0.05) is 6.07 Å². The van der Waals surface area contributed by atoms with Crippen molar-refractivity contribution in [2.75, 3.05) is 11.1 Å². The second-order valence-corrected chi connectivity index (χ2v) is 4.34. The number of aryl methyl sites for hydroxylation is 1. The van der Waals surface area contributed by atoms with Crippen LogP contribution in [0.4, 0.5) is 11.4 Å². The van der Waals surface area contributed by atoms with Gasteiger partial charge in [0.25, 0.3) is 0 Å². The molecule has 1 heterocycles. The monoisotopic (exact) mass is 218 g/mol. The maximum absolute atomic E-state index is 5.83. The van der Waals surface area contributed by atoms with Gasteiger partial charge in [-0.2, -0.15) is 11.3 Å². The number of nitrogens with two attached hydrogens (primary N) is 1. The zero-order chi connectivity index (χ0) is 10.7. The molecule has 0 bridgehead atoms. The zero-order valence-corrected chi connectivity index (χ0v) is 9.47. The van der Waals surface area contributed by atoms with Crippen molar-refractivity contribution >= 4 is 22.7 Å². The van der Waals surface area contributed by atoms with E-state index in [1.54, 1.807) is 11.3 Å². The molecule has 78 valence electrons. The number of hydrogen-bond acceptors (Lipinski definition) is 3. The Hall–Kier alpha value is -1.48. The first kappa shape index (κ1) is 10.1. The molecule has 0 aliphatic carbocycles. The molecule has 1 aromatic heterocycles. The first-order valence-corrected chi connectivity index (χ1v) is 5.81. The lowest BCUT2D eigenvalue weighted by molar-refractivity contribution is 1.16. The molecule has 2 nitrogen and oxygen atoms in total. The highest BCUT2D eigenvalue weighted by atomic mass is 32.1. The van der Waals surface area contributed by atoms with Crippen molar-refractivity contribution in [3.8, 4) is 0 Å². The summed E-state index contributed by atoms with van der Waals surface area (Å²) < 4.78 is 0. The van der Waals surface area contributed by atoms with Gasteiger partial charge in [-0.3, -0.25) is 0 Å². The molecule has 0 fully saturated rings. The lowest BCUT2D eigenvalue weighted by Crippen LogP contribution is -1.99. The van der Waals surface area contributed by atoms with E-state index in [1.807, 2.05) is 19.1 Å². The van der Waals surface area contributed by atoms with Crippen LogP contribution in [-0.4, -0.2) is 0 Å². The maximum atomic E-state index is 5.83. The number of nitrogens with one attached hydrogen (secondary N) is 1. The van der Waals surface area contributed by atoms with E-state index in [0.29, 0.717) is 0 Å². The Kier molecular flexibility index (Phi) is 2.92. The van der Waals surface area contributed by atoms with Gasteiger partial charge in [0.15, 0.2) is 0 Å². The summed E-state index contributed by atoms with van der Waals surface area (Å²) in [6.45, 7) is 2.87. The molecule has 2 rings (SSSR count). The minimum absolute atomic E-state index is 0.838. The Balaban J connectivity index is 2.02. The summed E-state index contributed by atoms with van der Waals surface area (Å²) in [6.07, 6.45) is 0. The molecular weight excluding hydrogens is 204 g/mol. The van der Waals surface area contributed by atoms with Crippen molar-refractivity contribution in [3.63, 3.8) is 0 Å². The van der Waals surface area contributed by atoms with E-state index in [2.05, 4.69) is 28.2 Å². The van der Waals surface area contributed by atoms with Crippen molar-refractivity contribution in [2.45, 2.75) is 13.5 Å². The quantitative estimate of drug-likeness (QED) is 0.776. The molecular formula is C12H14N2S. The minimum Gasteiger partial charge on any atom is -0.398 e. The largest absolute Gasteiger partial charge is 0.398 e. The molecule has 0 radical (unpaired) electrons. The van der Waals surface area contributed by atoms with Gasteiger partial charge in [-0.25, -0.2) is 0 Å². The van der Waals surface area contributed by atoms with Crippen molar-refractivity contribution in [2.24, 2.45) is 0 Å². The summed E-state index contributed by atoms with van der Waals surface area (Å²) in [5.74, 6) is 0. The molecule has 0 aliphatic heterocycles. The van der Waals surface area contributed by atoms with Crippen molar-refractivity contribution in [1.29, 1.82) is 0 Å².